The van der Waals surface area contributed by atoms with Crippen molar-refractivity contribution in [3.63, 3.8) is 0 Å². The molecule has 0 N–H and O–H groups in total. The third-order valence-electron chi connectivity index (χ3n) is 10.8. The van der Waals surface area contributed by atoms with Gasteiger partial charge in [0, 0.05) is 53.6 Å². The first-order valence-corrected chi connectivity index (χ1v) is 18.0. The largest absolute Gasteiger partial charge is 0.304 e. The van der Waals surface area contributed by atoms with Crippen LogP contribution in [0.2, 0.25) is 0 Å². The number of aryl methyl sites for hydroxylation is 1. The molecule has 6 aromatic carbocycles. The van der Waals surface area contributed by atoms with Crippen LogP contribution in [-0.2, 0) is 25.5 Å². The number of hydrogen-bond acceptors (Lipinski definition) is 4. The van der Waals surface area contributed by atoms with Gasteiger partial charge < -0.3 is 4.98 Å². The molecule has 5 nitrogen and oxygen atoms in total. The molecule has 0 unspecified atom stereocenters. The van der Waals surface area contributed by atoms with Gasteiger partial charge in [0.15, 0.2) is 11.6 Å². The second-order valence-electron chi connectivity index (χ2n) is 14.3. The molecule has 0 aliphatic heterocycles. The first-order chi connectivity index (χ1) is 25.9. The van der Waals surface area contributed by atoms with E-state index in [-0.39, 0.29) is 25.5 Å². The molecule has 3 heterocycles. The van der Waals surface area contributed by atoms with Crippen molar-refractivity contribution in [2.45, 2.75) is 26.2 Å². The minimum Gasteiger partial charge on any atom is -0.304 e. The summed E-state index contributed by atoms with van der Waals surface area (Å²) in [6, 6.07) is 54.4. The maximum absolute atomic E-state index is 5.20. The molecule has 6 heteroatoms. The molecule has 0 fully saturated rings. The van der Waals surface area contributed by atoms with Crippen molar-refractivity contribution < 1.29 is 20.1 Å². The molecule has 54 heavy (non-hydrogen) atoms. The predicted molar refractivity (Wildman–Crippen MR) is 215 cm³/mol. The van der Waals surface area contributed by atoms with E-state index in [1.54, 1.807) is 0 Å². The number of nitrogens with zero attached hydrogens (tertiary/aromatic N) is 5. The first-order valence-electron chi connectivity index (χ1n) is 18.0. The molecule has 0 bridgehead atoms. The van der Waals surface area contributed by atoms with Gasteiger partial charge in [0.25, 0.3) is 0 Å². The molecular formula is C48H34IrN5-. The number of aromatic nitrogens is 5. The molecule has 261 valence electrons. The zero-order valence-electron chi connectivity index (χ0n) is 30.0. The minimum absolute atomic E-state index is 0. The standard InChI is InChI=1S/C48H34N5.Ir/c1-30-14-13-25-49-44(30)35-20-12-19-33(26-35)34-23-24-42-38(27-34)39-28-37-36-21-10-11-22-40(36)48(2,3)41(37)29-43(39)53(42)47-51-45(31-15-6-4-7-16-31)50-46(52-47)32-17-8-5-9-18-32;/h4-19,21-29H,1-3H3;/q-1;. The number of hydrogen-bond donors (Lipinski definition) is 0. The maximum Gasteiger partial charge on any atom is 0.238 e. The molecule has 9 aromatic rings. The fourth-order valence-corrected chi connectivity index (χ4v) is 8.06. The van der Waals surface area contributed by atoms with E-state index in [9.17, 15) is 0 Å². The van der Waals surface area contributed by atoms with Gasteiger partial charge in [-0.25, -0.2) is 4.98 Å². The molecule has 0 saturated heterocycles. The zero-order valence-corrected chi connectivity index (χ0v) is 32.4. The van der Waals surface area contributed by atoms with Gasteiger partial charge in [-0.15, -0.1) is 35.4 Å². The van der Waals surface area contributed by atoms with Crippen LogP contribution in [0.5, 0.6) is 0 Å². The van der Waals surface area contributed by atoms with E-state index >= 15 is 0 Å². The van der Waals surface area contributed by atoms with Crippen LogP contribution in [-0.4, -0.2) is 24.5 Å². The van der Waals surface area contributed by atoms with E-state index < -0.39 is 0 Å². The molecule has 10 rings (SSSR count). The Kier molecular flexibility index (Phi) is 8.19. The van der Waals surface area contributed by atoms with Crippen molar-refractivity contribution in [2.75, 3.05) is 0 Å². The molecule has 1 radical (unpaired) electrons. The minimum atomic E-state index is -0.170. The monoisotopic (exact) mass is 873 g/mol. The first kappa shape index (κ1) is 33.7. The normalized spacial score (nSPS) is 12.7. The van der Waals surface area contributed by atoms with E-state index in [2.05, 4.69) is 133 Å². The summed E-state index contributed by atoms with van der Waals surface area (Å²) in [5.41, 5.74) is 14.3. The second kappa shape index (κ2) is 13.1. The Labute approximate surface area is 327 Å². The van der Waals surface area contributed by atoms with E-state index in [4.69, 9.17) is 15.0 Å². The van der Waals surface area contributed by atoms with Crippen molar-refractivity contribution >= 4 is 21.8 Å². The summed E-state index contributed by atoms with van der Waals surface area (Å²) in [5, 5.41) is 2.29. The van der Waals surface area contributed by atoms with Gasteiger partial charge >= 0.3 is 0 Å². The summed E-state index contributed by atoms with van der Waals surface area (Å²) in [6.45, 7) is 6.74. The van der Waals surface area contributed by atoms with E-state index in [0.717, 1.165) is 60.9 Å². The van der Waals surface area contributed by atoms with Crippen LogP contribution in [0.3, 0.4) is 0 Å². The van der Waals surface area contributed by atoms with Gasteiger partial charge in [-0.1, -0.05) is 116 Å². The summed E-state index contributed by atoms with van der Waals surface area (Å²) in [5.74, 6) is 1.85. The van der Waals surface area contributed by atoms with Gasteiger partial charge in [0.2, 0.25) is 5.95 Å². The third-order valence-corrected chi connectivity index (χ3v) is 10.8. The maximum atomic E-state index is 5.20. The van der Waals surface area contributed by atoms with E-state index in [1.807, 2.05) is 54.7 Å². The van der Waals surface area contributed by atoms with Crippen molar-refractivity contribution in [1.82, 2.24) is 24.5 Å². The van der Waals surface area contributed by atoms with E-state index in [1.165, 1.54) is 22.3 Å². The van der Waals surface area contributed by atoms with Crippen LogP contribution in [0.4, 0.5) is 0 Å². The molecule has 1 aliphatic carbocycles. The second-order valence-corrected chi connectivity index (χ2v) is 14.3. The fourth-order valence-electron chi connectivity index (χ4n) is 8.06. The quantitative estimate of drug-likeness (QED) is 0.162. The van der Waals surface area contributed by atoms with Gasteiger partial charge in [-0.3, -0.25) is 4.57 Å². The van der Waals surface area contributed by atoms with Crippen molar-refractivity contribution in [2.24, 2.45) is 0 Å². The summed E-state index contributed by atoms with van der Waals surface area (Å²) < 4.78 is 2.23. The summed E-state index contributed by atoms with van der Waals surface area (Å²) in [4.78, 5) is 20.1. The van der Waals surface area contributed by atoms with Gasteiger partial charge in [0.05, 0.1) is 11.0 Å². The van der Waals surface area contributed by atoms with Gasteiger partial charge in [0.1, 0.15) is 0 Å². The van der Waals surface area contributed by atoms with Crippen LogP contribution >= 0.6 is 0 Å². The molecule has 1 aliphatic rings. The SMILES string of the molecule is Cc1cccnc1-c1[c-]ccc(-c2ccc3c(c2)c2cc4c(cc2n3-c2nc(-c3ccccc3)nc(-c3ccccc3)n2)C(C)(C)c2ccccc2-4)c1.[Ir]. The Morgan fingerprint density at radius 2 is 1.22 bits per heavy atom. The summed E-state index contributed by atoms with van der Waals surface area (Å²) in [6.07, 6.45) is 1.84. The summed E-state index contributed by atoms with van der Waals surface area (Å²) in [7, 11) is 0. The number of pyridine rings is 1. The summed E-state index contributed by atoms with van der Waals surface area (Å²) >= 11 is 0. The topological polar surface area (TPSA) is 56.5 Å². The third kappa shape index (κ3) is 5.41. The van der Waals surface area contributed by atoms with Crippen LogP contribution in [0.15, 0.2) is 152 Å². The Morgan fingerprint density at radius 3 is 1.94 bits per heavy atom. The van der Waals surface area contributed by atoms with Crippen LogP contribution in [0, 0.1) is 13.0 Å². The molecule has 0 saturated carbocycles. The average Bonchev–Trinajstić information content (AvgIpc) is 3.65. The Balaban J connectivity index is 0.00000384. The van der Waals surface area contributed by atoms with Crippen molar-refractivity contribution in [1.29, 1.82) is 0 Å². The van der Waals surface area contributed by atoms with Crippen LogP contribution in [0.25, 0.3) is 84.0 Å². The Morgan fingerprint density at radius 1 is 0.556 bits per heavy atom. The van der Waals surface area contributed by atoms with E-state index in [0.29, 0.717) is 17.6 Å². The molecule has 0 atom stereocenters. The Hall–Kier alpha value is -6.07. The Bertz CT molecular complexity index is 2820. The van der Waals surface area contributed by atoms with Crippen molar-refractivity contribution in [3.05, 3.63) is 175 Å². The molecular weight excluding hydrogens is 839 g/mol. The van der Waals surface area contributed by atoms with Crippen LogP contribution in [0.1, 0.15) is 30.5 Å². The smallest absolute Gasteiger partial charge is 0.238 e. The number of rotatable bonds is 5. The van der Waals surface area contributed by atoms with Gasteiger partial charge in [-0.05, 0) is 70.8 Å². The van der Waals surface area contributed by atoms with Crippen molar-refractivity contribution in [3.8, 4) is 62.2 Å². The number of fused-ring (bicyclic) bond motifs is 6. The number of benzene rings is 6. The molecule has 0 amide bonds. The zero-order chi connectivity index (χ0) is 35.7. The van der Waals surface area contributed by atoms with Gasteiger partial charge in [-0.2, -0.15) is 9.97 Å². The molecule has 3 aromatic heterocycles. The fraction of sp³-hybridized carbons (Fsp3) is 0.0833. The molecule has 0 spiro atoms. The average molecular weight is 873 g/mol. The van der Waals surface area contributed by atoms with Crippen LogP contribution < -0.4 is 0 Å². The predicted octanol–water partition coefficient (Wildman–Crippen LogP) is 11.4.